The number of aliphatic hydroxyl groups excluding tert-OH is 1. The zero-order valence-corrected chi connectivity index (χ0v) is 17.3. The van der Waals surface area contributed by atoms with E-state index in [0.717, 1.165) is 11.1 Å². The topological polar surface area (TPSA) is 76.1 Å². The van der Waals surface area contributed by atoms with Crippen LogP contribution in [-0.2, 0) is 14.3 Å². The standard InChI is InChI=1S/C22H31NO5/c1-7-13-28-21(26)23-17(15-12-10-9-11-14(15)3)19(24)16(22(4,5)6)18(23)20(25)27-8-2/h7,9-12,16-19,24H,1,8,13H2,2-6H3/t16-,17+,18+,19+/m1/s1. The normalized spacial score (nSPS) is 24.7. The summed E-state index contributed by atoms with van der Waals surface area (Å²) in [4.78, 5) is 27.2. The third-order valence-corrected chi connectivity index (χ3v) is 5.20. The van der Waals surface area contributed by atoms with Crippen molar-refractivity contribution in [3.05, 3.63) is 48.0 Å². The number of likely N-dealkylation sites (tertiary alicyclic amines) is 1. The Morgan fingerprint density at radius 3 is 2.43 bits per heavy atom. The van der Waals surface area contributed by atoms with Crippen LogP contribution in [0, 0.1) is 18.3 Å². The molecule has 0 bridgehead atoms. The number of nitrogens with zero attached hydrogens (tertiary/aromatic N) is 1. The first kappa shape index (κ1) is 22.0. The molecule has 6 heteroatoms. The van der Waals surface area contributed by atoms with Crippen molar-refractivity contribution in [2.75, 3.05) is 13.2 Å². The van der Waals surface area contributed by atoms with Gasteiger partial charge in [-0.15, -0.1) is 0 Å². The number of carbonyl (C=O) groups is 2. The third kappa shape index (κ3) is 4.22. The van der Waals surface area contributed by atoms with Crippen LogP contribution in [0.4, 0.5) is 4.79 Å². The van der Waals surface area contributed by atoms with E-state index in [-0.39, 0.29) is 13.2 Å². The SMILES string of the molecule is C=CCOC(=O)N1[C@H](C(=O)OCC)[C@@H](C(C)(C)C)[C@H](O)[C@@H]1c1ccccc1C. The molecule has 0 saturated carbocycles. The van der Waals surface area contributed by atoms with E-state index in [1.54, 1.807) is 6.92 Å². The Hall–Kier alpha value is -2.34. The van der Waals surface area contributed by atoms with Crippen molar-refractivity contribution in [3.8, 4) is 0 Å². The largest absolute Gasteiger partial charge is 0.464 e. The summed E-state index contributed by atoms with van der Waals surface area (Å²) in [5.41, 5.74) is 1.25. The van der Waals surface area contributed by atoms with Gasteiger partial charge in [-0.05, 0) is 30.4 Å². The molecule has 1 aromatic rings. The zero-order valence-electron chi connectivity index (χ0n) is 17.3. The summed E-state index contributed by atoms with van der Waals surface area (Å²) >= 11 is 0. The number of aryl methyl sites for hydroxylation is 1. The molecule has 0 unspecified atom stereocenters. The van der Waals surface area contributed by atoms with Crippen LogP contribution in [0.15, 0.2) is 36.9 Å². The average molecular weight is 389 g/mol. The molecule has 28 heavy (non-hydrogen) atoms. The number of amides is 1. The number of hydrogen-bond donors (Lipinski definition) is 1. The molecule has 1 N–H and O–H groups in total. The van der Waals surface area contributed by atoms with Crippen LogP contribution in [-0.4, -0.2) is 47.4 Å². The van der Waals surface area contributed by atoms with Crippen LogP contribution in [0.5, 0.6) is 0 Å². The first-order chi connectivity index (χ1) is 13.1. The summed E-state index contributed by atoms with van der Waals surface area (Å²) in [5, 5.41) is 11.3. The predicted octanol–water partition coefficient (Wildman–Crippen LogP) is 3.63. The van der Waals surface area contributed by atoms with E-state index in [4.69, 9.17) is 9.47 Å². The smallest absolute Gasteiger partial charge is 0.411 e. The molecule has 0 spiro atoms. The van der Waals surface area contributed by atoms with Gasteiger partial charge in [0.25, 0.3) is 0 Å². The van der Waals surface area contributed by atoms with Crippen molar-refractivity contribution >= 4 is 12.1 Å². The summed E-state index contributed by atoms with van der Waals surface area (Å²) in [7, 11) is 0. The van der Waals surface area contributed by atoms with Gasteiger partial charge in [0.2, 0.25) is 0 Å². The molecule has 2 rings (SSSR count). The second-order valence-electron chi connectivity index (χ2n) is 8.15. The van der Waals surface area contributed by atoms with Gasteiger partial charge in [0.15, 0.2) is 0 Å². The van der Waals surface area contributed by atoms with Crippen LogP contribution in [0.3, 0.4) is 0 Å². The second kappa shape index (κ2) is 8.78. The number of ether oxygens (including phenoxy) is 2. The van der Waals surface area contributed by atoms with E-state index in [0.29, 0.717) is 0 Å². The lowest BCUT2D eigenvalue weighted by atomic mass is 9.73. The van der Waals surface area contributed by atoms with E-state index in [2.05, 4.69) is 6.58 Å². The Kier molecular flexibility index (Phi) is 6.88. The maximum absolute atomic E-state index is 13.0. The minimum atomic E-state index is -0.952. The molecule has 1 heterocycles. The van der Waals surface area contributed by atoms with E-state index < -0.39 is 41.6 Å². The fourth-order valence-corrected chi connectivity index (χ4v) is 4.05. The molecule has 1 aliphatic heterocycles. The summed E-state index contributed by atoms with van der Waals surface area (Å²) in [6, 6.07) is 5.87. The Balaban J connectivity index is 2.63. The summed E-state index contributed by atoms with van der Waals surface area (Å²) in [6.07, 6.45) is -0.155. The average Bonchev–Trinajstić information content (AvgIpc) is 2.93. The lowest BCUT2D eigenvalue weighted by Crippen LogP contribution is -2.48. The molecular weight excluding hydrogens is 358 g/mol. The predicted molar refractivity (Wildman–Crippen MR) is 107 cm³/mol. The molecule has 0 radical (unpaired) electrons. The van der Waals surface area contributed by atoms with Gasteiger partial charge in [-0.3, -0.25) is 4.90 Å². The van der Waals surface area contributed by atoms with Crippen molar-refractivity contribution in [1.82, 2.24) is 4.90 Å². The van der Waals surface area contributed by atoms with Crippen molar-refractivity contribution in [2.24, 2.45) is 11.3 Å². The van der Waals surface area contributed by atoms with Gasteiger partial charge in [0.05, 0.1) is 18.8 Å². The van der Waals surface area contributed by atoms with Gasteiger partial charge in [0, 0.05) is 5.92 Å². The monoisotopic (exact) mass is 389 g/mol. The Labute approximate surface area is 167 Å². The highest BCUT2D eigenvalue weighted by molar-refractivity contribution is 5.83. The number of rotatable bonds is 5. The van der Waals surface area contributed by atoms with E-state index in [1.165, 1.54) is 11.0 Å². The molecule has 1 aromatic carbocycles. The second-order valence-corrected chi connectivity index (χ2v) is 8.15. The maximum Gasteiger partial charge on any atom is 0.411 e. The number of carbonyl (C=O) groups excluding carboxylic acids is 2. The first-order valence-corrected chi connectivity index (χ1v) is 9.61. The van der Waals surface area contributed by atoms with Crippen LogP contribution in [0.25, 0.3) is 0 Å². The van der Waals surface area contributed by atoms with Gasteiger partial charge >= 0.3 is 12.1 Å². The molecule has 0 aromatic heterocycles. The highest BCUT2D eigenvalue weighted by Crippen LogP contribution is 2.48. The number of benzene rings is 1. The van der Waals surface area contributed by atoms with E-state index in [9.17, 15) is 14.7 Å². The van der Waals surface area contributed by atoms with Gasteiger partial charge in [-0.2, -0.15) is 0 Å². The van der Waals surface area contributed by atoms with Gasteiger partial charge in [0.1, 0.15) is 12.6 Å². The van der Waals surface area contributed by atoms with Gasteiger partial charge in [-0.25, -0.2) is 9.59 Å². The molecule has 0 aliphatic carbocycles. The van der Waals surface area contributed by atoms with Crippen molar-refractivity contribution in [1.29, 1.82) is 0 Å². The quantitative estimate of drug-likeness (QED) is 0.615. The molecule has 154 valence electrons. The fraction of sp³-hybridized carbons (Fsp3) is 0.545. The summed E-state index contributed by atoms with van der Waals surface area (Å²) in [5.74, 6) is -1.06. The van der Waals surface area contributed by atoms with Crippen LogP contribution < -0.4 is 0 Å². The first-order valence-electron chi connectivity index (χ1n) is 9.61. The highest BCUT2D eigenvalue weighted by Gasteiger charge is 2.58. The number of hydrogen-bond acceptors (Lipinski definition) is 5. The Morgan fingerprint density at radius 1 is 1.25 bits per heavy atom. The Bertz CT molecular complexity index is 724. The highest BCUT2D eigenvalue weighted by atomic mass is 16.6. The van der Waals surface area contributed by atoms with Crippen molar-refractivity contribution < 1.29 is 24.2 Å². The number of aliphatic hydroxyl groups is 1. The molecular formula is C22H31NO5. The molecule has 6 nitrogen and oxygen atoms in total. The fourth-order valence-electron chi connectivity index (χ4n) is 4.05. The minimum absolute atomic E-state index is 0.0155. The van der Waals surface area contributed by atoms with Crippen LogP contribution in [0.1, 0.15) is 44.9 Å². The third-order valence-electron chi connectivity index (χ3n) is 5.20. The number of esters is 1. The lowest BCUT2D eigenvalue weighted by molar-refractivity contribution is -0.151. The summed E-state index contributed by atoms with van der Waals surface area (Å²) < 4.78 is 10.6. The lowest BCUT2D eigenvalue weighted by Gasteiger charge is -2.34. The zero-order chi connectivity index (χ0) is 21.1. The maximum atomic E-state index is 13.0. The molecule has 1 saturated heterocycles. The van der Waals surface area contributed by atoms with E-state index in [1.807, 2.05) is 52.0 Å². The molecule has 1 fully saturated rings. The van der Waals surface area contributed by atoms with Crippen LogP contribution >= 0.6 is 0 Å². The van der Waals surface area contributed by atoms with E-state index >= 15 is 0 Å². The molecule has 4 atom stereocenters. The van der Waals surface area contributed by atoms with Crippen LogP contribution in [0.2, 0.25) is 0 Å². The minimum Gasteiger partial charge on any atom is -0.464 e. The van der Waals surface area contributed by atoms with Crippen molar-refractivity contribution in [2.45, 2.75) is 52.8 Å². The molecule has 1 amide bonds. The Morgan fingerprint density at radius 2 is 1.89 bits per heavy atom. The van der Waals surface area contributed by atoms with Gasteiger partial charge < -0.3 is 14.6 Å². The molecule has 1 aliphatic rings. The van der Waals surface area contributed by atoms with Gasteiger partial charge in [-0.1, -0.05) is 57.7 Å². The van der Waals surface area contributed by atoms with Crippen molar-refractivity contribution in [3.63, 3.8) is 0 Å². The summed E-state index contributed by atoms with van der Waals surface area (Å²) in [6.45, 7) is 13.2.